The van der Waals surface area contributed by atoms with E-state index in [0.29, 0.717) is 0 Å². The summed E-state index contributed by atoms with van der Waals surface area (Å²) >= 11 is 0. The van der Waals surface area contributed by atoms with Gasteiger partial charge < -0.3 is 24.6 Å². The quantitative estimate of drug-likeness (QED) is 0.290. The first-order valence-electron chi connectivity index (χ1n) is 9.54. The van der Waals surface area contributed by atoms with E-state index in [9.17, 15) is 24.3 Å². The molecular formula is C19H34N4O8. The summed E-state index contributed by atoms with van der Waals surface area (Å²) in [7, 11) is 0. The molecule has 4 N–H and O–H groups in total. The molecule has 0 aliphatic rings. The van der Waals surface area contributed by atoms with Crippen LogP contribution in [0.2, 0.25) is 0 Å². The second kappa shape index (κ2) is 10.8. The number of ether oxygens (including phenoxy) is 3. The highest BCUT2D eigenvalue weighted by molar-refractivity contribution is 6.01. The van der Waals surface area contributed by atoms with E-state index in [0.717, 1.165) is 0 Å². The third-order valence-corrected chi connectivity index (χ3v) is 2.66. The highest BCUT2D eigenvalue weighted by atomic mass is 16.6. The molecule has 0 radical (unpaired) electrons. The number of alkyl carbamates (subject to hydrolysis) is 3. The van der Waals surface area contributed by atoms with Gasteiger partial charge in [-0.1, -0.05) is 0 Å². The summed E-state index contributed by atoms with van der Waals surface area (Å²) in [5.74, 6) is -1.82. The topological polar surface area (TPSA) is 165 Å². The largest absolute Gasteiger partial charge is 0.480 e. The fraction of sp³-hybridized carbons (Fsp3) is 0.737. The molecule has 0 spiro atoms. The number of hydrogen-bond donors (Lipinski definition) is 4. The van der Waals surface area contributed by atoms with Crippen LogP contribution in [0.25, 0.3) is 0 Å². The van der Waals surface area contributed by atoms with Gasteiger partial charge in [0.1, 0.15) is 22.8 Å². The molecule has 1 atom stereocenters. The third-order valence-electron chi connectivity index (χ3n) is 2.66. The van der Waals surface area contributed by atoms with Crippen molar-refractivity contribution in [3.63, 3.8) is 0 Å². The second-order valence-electron chi connectivity index (χ2n) is 9.48. The van der Waals surface area contributed by atoms with E-state index in [-0.39, 0.29) is 0 Å². The molecule has 0 saturated carbocycles. The maximum absolute atomic E-state index is 12.0. The van der Waals surface area contributed by atoms with Crippen molar-refractivity contribution in [2.75, 3.05) is 6.54 Å². The first-order chi connectivity index (χ1) is 13.8. The van der Waals surface area contributed by atoms with Crippen LogP contribution in [0.15, 0.2) is 4.99 Å². The van der Waals surface area contributed by atoms with Crippen LogP contribution in [0.1, 0.15) is 62.3 Å². The summed E-state index contributed by atoms with van der Waals surface area (Å²) in [6, 6.07) is -1.49. The SMILES string of the molecule is CC(C)(C)OC(=O)NC(=NC[C@@H](NC(=O)OC(C)(C)C)C(=O)O)NC(=O)OC(C)(C)C. The molecule has 0 saturated heterocycles. The van der Waals surface area contributed by atoms with Gasteiger partial charge >= 0.3 is 24.2 Å². The van der Waals surface area contributed by atoms with E-state index in [1.165, 1.54) is 0 Å². The minimum absolute atomic E-state index is 0.416. The molecule has 0 bridgehead atoms. The van der Waals surface area contributed by atoms with E-state index in [4.69, 9.17) is 14.2 Å². The molecule has 12 nitrogen and oxygen atoms in total. The van der Waals surface area contributed by atoms with Crippen molar-refractivity contribution < 1.29 is 38.5 Å². The van der Waals surface area contributed by atoms with E-state index >= 15 is 0 Å². The lowest BCUT2D eigenvalue weighted by Gasteiger charge is -2.23. The summed E-state index contributed by atoms with van der Waals surface area (Å²) in [5, 5.41) is 15.9. The van der Waals surface area contributed by atoms with Crippen molar-refractivity contribution in [2.45, 2.75) is 85.2 Å². The minimum Gasteiger partial charge on any atom is -0.480 e. The summed E-state index contributed by atoms with van der Waals surface area (Å²) in [6.45, 7) is 14.1. The van der Waals surface area contributed by atoms with Gasteiger partial charge in [-0.2, -0.15) is 0 Å². The molecule has 0 aliphatic carbocycles. The number of aliphatic imine (C=N–C) groups is 1. The average Bonchev–Trinajstić information content (AvgIpc) is 2.44. The van der Waals surface area contributed by atoms with Crippen LogP contribution in [0.4, 0.5) is 14.4 Å². The Hall–Kier alpha value is -3.05. The molecule has 0 aromatic carbocycles. The highest BCUT2D eigenvalue weighted by Gasteiger charge is 2.25. The third kappa shape index (κ3) is 15.5. The van der Waals surface area contributed by atoms with Gasteiger partial charge in [-0.15, -0.1) is 0 Å². The molecule has 178 valence electrons. The van der Waals surface area contributed by atoms with Gasteiger partial charge in [-0.25, -0.2) is 24.2 Å². The highest BCUT2D eigenvalue weighted by Crippen LogP contribution is 2.08. The standard InChI is InChI=1S/C19H34N4O8/c1-17(2,3)29-14(26)21-11(12(24)25)10-20-13(22-15(27)30-18(4,5)6)23-16(28)31-19(7,8)9/h11H,10H2,1-9H3,(H,21,26)(H,24,25)(H2,20,22,23,27,28)/t11-/m1/s1. The van der Waals surface area contributed by atoms with Crippen molar-refractivity contribution in [1.29, 1.82) is 0 Å². The normalized spacial score (nSPS) is 12.7. The molecule has 12 heteroatoms. The Labute approximate surface area is 182 Å². The Bertz CT molecular complexity index is 667. The zero-order valence-electron chi connectivity index (χ0n) is 19.5. The van der Waals surface area contributed by atoms with E-state index in [2.05, 4.69) is 20.9 Å². The lowest BCUT2D eigenvalue weighted by atomic mass is 10.2. The second-order valence-corrected chi connectivity index (χ2v) is 9.48. The van der Waals surface area contributed by atoms with Gasteiger partial charge in [0.2, 0.25) is 5.96 Å². The Balaban J connectivity index is 5.44. The fourth-order valence-electron chi connectivity index (χ4n) is 1.73. The predicted octanol–water partition coefficient (Wildman–Crippen LogP) is 2.37. The number of rotatable bonds is 4. The Kier molecular flexibility index (Phi) is 9.76. The number of hydrogen-bond acceptors (Lipinski definition) is 8. The van der Waals surface area contributed by atoms with E-state index in [1.54, 1.807) is 62.3 Å². The minimum atomic E-state index is -1.49. The zero-order chi connectivity index (χ0) is 24.6. The number of carboxylic acids is 1. The maximum atomic E-state index is 12.0. The summed E-state index contributed by atoms with van der Waals surface area (Å²) in [5.41, 5.74) is -2.50. The molecule has 3 amide bonds. The predicted molar refractivity (Wildman–Crippen MR) is 112 cm³/mol. The van der Waals surface area contributed by atoms with Crippen LogP contribution in [0, 0.1) is 0 Å². The molecule has 0 aromatic heterocycles. The lowest BCUT2D eigenvalue weighted by Crippen LogP contribution is -2.49. The Morgan fingerprint density at radius 2 is 1.10 bits per heavy atom. The molecule has 0 rings (SSSR count). The van der Waals surface area contributed by atoms with Gasteiger partial charge in [0.05, 0.1) is 6.54 Å². The number of guanidine groups is 1. The van der Waals surface area contributed by atoms with Crippen molar-refractivity contribution in [3.05, 3.63) is 0 Å². The molecule has 0 fully saturated rings. The first kappa shape index (κ1) is 27.9. The lowest BCUT2D eigenvalue weighted by molar-refractivity contribution is -0.139. The Morgan fingerprint density at radius 1 is 0.742 bits per heavy atom. The number of nitrogens with one attached hydrogen (secondary N) is 3. The van der Waals surface area contributed by atoms with Gasteiger partial charge in [-0.3, -0.25) is 10.6 Å². The number of aliphatic carboxylic acids is 1. The smallest absolute Gasteiger partial charge is 0.414 e. The van der Waals surface area contributed by atoms with Gasteiger partial charge in [0, 0.05) is 0 Å². The van der Waals surface area contributed by atoms with E-state index in [1.807, 2.05) is 0 Å². The molecule has 0 aliphatic heterocycles. The van der Waals surface area contributed by atoms with Crippen molar-refractivity contribution in [3.8, 4) is 0 Å². The molecular weight excluding hydrogens is 412 g/mol. The summed E-state index contributed by atoms with van der Waals surface area (Å²) in [6.07, 6.45) is -2.83. The zero-order valence-corrected chi connectivity index (χ0v) is 19.5. The monoisotopic (exact) mass is 446 g/mol. The molecule has 0 unspecified atom stereocenters. The van der Waals surface area contributed by atoms with Crippen molar-refractivity contribution in [2.24, 2.45) is 4.99 Å². The first-order valence-corrected chi connectivity index (χ1v) is 9.54. The van der Waals surface area contributed by atoms with Crippen LogP contribution >= 0.6 is 0 Å². The molecule has 0 heterocycles. The van der Waals surface area contributed by atoms with Crippen LogP contribution in [0.3, 0.4) is 0 Å². The molecule has 0 aromatic rings. The van der Waals surface area contributed by atoms with Gasteiger partial charge in [-0.05, 0) is 62.3 Å². The van der Waals surface area contributed by atoms with Crippen LogP contribution in [-0.4, -0.2) is 64.7 Å². The van der Waals surface area contributed by atoms with Crippen LogP contribution < -0.4 is 16.0 Å². The molecule has 31 heavy (non-hydrogen) atoms. The van der Waals surface area contributed by atoms with Gasteiger partial charge in [0.25, 0.3) is 0 Å². The number of carbonyl (C=O) groups excluding carboxylic acids is 3. The van der Waals surface area contributed by atoms with Crippen LogP contribution in [-0.2, 0) is 19.0 Å². The number of carbonyl (C=O) groups is 4. The van der Waals surface area contributed by atoms with E-state index < -0.39 is 59.6 Å². The number of nitrogens with zero attached hydrogens (tertiary/aromatic N) is 1. The summed E-state index contributed by atoms with van der Waals surface area (Å²) in [4.78, 5) is 51.3. The number of carboxylic acid groups (broad SMARTS) is 1. The van der Waals surface area contributed by atoms with Crippen LogP contribution in [0.5, 0.6) is 0 Å². The van der Waals surface area contributed by atoms with Crippen molar-refractivity contribution in [1.82, 2.24) is 16.0 Å². The van der Waals surface area contributed by atoms with Gasteiger partial charge in [0.15, 0.2) is 0 Å². The Morgan fingerprint density at radius 3 is 1.42 bits per heavy atom. The van der Waals surface area contributed by atoms with Crippen molar-refractivity contribution >= 4 is 30.2 Å². The number of amides is 3. The maximum Gasteiger partial charge on any atom is 0.414 e. The summed E-state index contributed by atoms with van der Waals surface area (Å²) < 4.78 is 15.2. The average molecular weight is 447 g/mol. The fourth-order valence-corrected chi connectivity index (χ4v) is 1.73.